The van der Waals surface area contributed by atoms with E-state index in [0.29, 0.717) is 10.6 Å². The summed E-state index contributed by atoms with van der Waals surface area (Å²) in [5.41, 5.74) is 0. The van der Waals surface area contributed by atoms with Gasteiger partial charge < -0.3 is 0 Å². The molecule has 9 heteroatoms. The molecular formula is C24H16Cl2F5PRu. The monoisotopic (exact) mass is 602 g/mol. The number of rotatable bonds is 3. The van der Waals surface area contributed by atoms with Gasteiger partial charge in [0.15, 0.2) is 23.3 Å². The van der Waals surface area contributed by atoms with Gasteiger partial charge in [0.2, 0.25) is 5.82 Å². The molecule has 0 saturated heterocycles. The number of halogens is 7. The van der Waals surface area contributed by atoms with E-state index in [1.54, 1.807) is 60.7 Å². The van der Waals surface area contributed by atoms with Crippen LogP contribution in [0.1, 0.15) is 0 Å². The minimum atomic E-state index is -2.15. The molecule has 0 saturated carbocycles. The van der Waals surface area contributed by atoms with E-state index < -0.39 is 42.3 Å². The van der Waals surface area contributed by atoms with Crippen LogP contribution in [0.15, 0.2) is 97.1 Å². The molecule has 4 aromatic rings. The van der Waals surface area contributed by atoms with Crippen molar-refractivity contribution < 1.29 is 37.1 Å². The average Bonchev–Trinajstić information content (AvgIpc) is 2.87. The molecule has 0 aliphatic heterocycles. The fourth-order valence-corrected chi connectivity index (χ4v) is 5.08. The molecule has 0 amide bonds. The maximum atomic E-state index is 14.3. The summed E-state index contributed by atoms with van der Waals surface area (Å²) in [6.07, 6.45) is 0. The molecular weight excluding hydrogens is 586 g/mol. The van der Waals surface area contributed by atoms with E-state index in [1.807, 2.05) is 36.4 Å². The fraction of sp³-hybridized carbons (Fsp3) is 0. The average molecular weight is 602 g/mol. The van der Waals surface area contributed by atoms with Crippen molar-refractivity contribution in [3.05, 3.63) is 126 Å². The summed E-state index contributed by atoms with van der Waals surface area (Å²) in [7, 11) is 7.78. The predicted molar refractivity (Wildman–Crippen MR) is 123 cm³/mol. The van der Waals surface area contributed by atoms with Crippen molar-refractivity contribution in [2.75, 3.05) is 0 Å². The first kappa shape index (κ1) is 27.4. The summed E-state index contributed by atoms with van der Waals surface area (Å²) in [4.78, 5) is 0. The molecule has 33 heavy (non-hydrogen) atoms. The van der Waals surface area contributed by atoms with E-state index in [-0.39, 0.29) is 15.1 Å². The number of hydrogen-bond acceptors (Lipinski definition) is 0. The first-order chi connectivity index (χ1) is 15.9. The third-order valence-corrected chi connectivity index (χ3v) is 6.57. The van der Waals surface area contributed by atoms with E-state index >= 15 is 0 Å². The normalized spacial score (nSPS) is 10.2. The fourth-order valence-electron chi connectivity index (χ4n) is 2.74. The minimum absolute atomic E-state index is 0.346. The van der Waals surface area contributed by atoms with Crippen LogP contribution in [0.5, 0.6) is 0 Å². The molecule has 0 spiro atoms. The topological polar surface area (TPSA) is 0 Å². The molecule has 0 aliphatic rings. The third kappa shape index (κ3) is 7.58. The smallest absolute Gasteiger partial charge is 0.0623 e. The summed E-state index contributed by atoms with van der Waals surface area (Å²) < 4.78 is 69.3. The van der Waals surface area contributed by atoms with E-state index in [1.165, 1.54) is 0 Å². The molecule has 0 aromatic heterocycles. The van der Waals surface area contributed by atoms with Crippen LogP contribution < -0.4 is 15.9 Å². The molecule has 0 N–H and O–H groups in total. The van der Waals surface area contributed by atoms with Gasteiger partial charge in [-0.1, -0.05) is 97.1 Å². The zero-order valence-corrected chi connectivity index (χ0v) is 20.8. The van der Waals surface area contributed by atoms with Gasteiger partial charge in [0, 0.05) is 0 Å². The first-order valence-corrected chi connectivity index (χ1v) is 15.0. The van der Waals surface area contributed by atoms with E-state index in [9.17, 15) is 22.0 Å². The quantitative estimate of drug-likeness (QED) is 0.0766. The molecule has 0 radical (unpaired) electrons. The van der Waals surface area contributed by atoms with Gasteiger partial charge in [-0.25, -0.2) is 22.0 Å². The first-order valence-electron chi connectivity index (χ1n) is 9.20. The van der Waals surface area contributed by atoms with Crippen LogP contribution in [0.25, 0.3) is 0 Å². The van der Waals surface area contributed by atoms with Crippen LogP contribution >= 0.6 is 27.3 Å². The van der Waals surface area contributed by atoms with E-state index in [0.717, 1.165) is 0 Å². The van der Waals surface area contributed by atoms with E-state index in [4.69, 9.17) is 19.4 Å². The van der Waals surface area contributed by atoms with Crippen LogP contribution in [-0.4, -0.2) is 0 Å². The molecule has 4 rings (SSSR count). The molecule has 0 nitrogen and oxygen atoms in total. The van der Waals surface area contributed by atoms with Gasteiger partial charge in [0.05, 0.1) is 5.30 Å². The van der Waals surface area contributed by atoms with Crippen molar-refractivity contribution in [1.29, 1.82) is 0 Å². The van der Waals surface area contributed by atoms with Crippen molar-refractivity contribution in [2.24, 2.45) is 0 Å². The van der Waals surface area contributed by atoms with Gasteiger partial charge in [-0.05, 0) is 18.5 Å². The standard InChI is InChI=1S/C18H10F5P.C6H6.2ClH.Ru/c19-13-14(20)16(22)18(17(23)15(13)21)24(11-7-3-1-4-8-11)12-9-5-2-6-10-12;1-2-4-6-5-3-1;;;/h1-10H;1-6H;2*1H;/q;;;;+2/p-2. The van der Waals surface area contributed by atoms with Crippen molar-refractivity contribution in [3.63, 3.8) is 0 Å². The van der Waals surface area contributed by atoms with Gasteiger partial charge in [-0.3, -0.25) is 0 Å². The Kier molecular flexibility index (Phi) is 12.0. The molecule has 0 atom stereocenters. The van der Waals surface area contributed by atoms with Gasteiger partial charge >= 0.3 is 34.5 Å². The molecule has 0 fully saturated rings. The third-order valence-electron chi connectivity index (χ3n) is 4.11. The minimum Gasteiger partial charge on any atom is -0.0623 e. The molecule has 0 aliphatic carbocycles. The summed E-state index contributed by atoms with van der Waals surface area (Å²) in [6, 6.07) is 28.5. The van der Waals surface area contributed by atoms with Crippen LogP contribution in [0, 0.1) is 29.1 Å². The Hall–Kier alpha value is -1.84. The Morgan fingerprint density at radius 2 is 0.697 bits per heavy atom. The van der Waals surface area contributed by atoms with Crippen molar-refractivity contribution in [2.45, 2.75) is 0 Å². The second kappa shape index (κ2) is 14.4. The van der Waals surface area contributed by atoms with Crippen LogP contribution in [0.3, 0.4) is 0 Å². The van der Waals surface area contributed by atoms with Gasteiger partial charge in [-0.2, -0.15) is 0 Å². The number of benzene rings is 4. The molecule has 4 aromatic carbocycles. The summed E-state index contributed by atoms with van der Waals surface area (Å²) in [5.74, 6) is -9.58. The van der Waals surface area contributed by atoms with E-state index in [2.05, 4.69) is 0 Å². The van der Waals surface area contributed by atoms with Gasteiger partial charge in [0.25, 0.3) is 0 Å². The Labute approximate surface area is 205 Å². The zero-order chi connectivity index (χ0) is 24.2. The van der Waals surface area contributed by atoms with Gasteiger partial charge in [0.1, 0.15) is 0 Å². The largest absolute Gasteiger partial charge is 0.0623 e. The van der Waals surface area contributed by atoms with Crippen LogP contribution in [-0.2, 0) is 15.1 Å². The molecule has 0 heterocycles. The van der Waals surface area contributed by atoms with Gasteiger partial charge in [-0.15, -0.1) is 0 Å². The summed E-state index contributed by atoms with van der Waals surface area (Å²) in [6.45, 7) is 0. The Morgan fingerprint density at radius 3 is 1.00 bits per heavy atom. The second-order valence-corrected chi connectivity index (χ2v) is 10.9. The maximum absolute atomic E-state index is 14.3. The molecule has 0 bridgehead atoms. The van der Waals surface area contributed by atoms with Crippen molar-refractivity contribution in [1.82, 2.24) is 0 Å². The van der Waals surface area contributed by atoms with Crippen molar-refractivity contribution in [3.8, 4) is 0 Å². The van der Waals surface area contributed by atoms with Crippen LogP contribution in [0.4, 0.5) is 22.0 Å². The Bertz CT molecular complexity index is 1020. The van der Waals surface area contributed by atoms with Crippen LogP contribution in [0.2, 0.25) is 0 Å². The second-order valence-electron chi connectivity index (χ2n) is 6.13. The molecule has 0 unspecified atom stereocenters. The zero-order valence-electron chi connectivity index (χ0n) is 16.7. The maximum Gasteiger partial charge on any atom is -0.0623 e. The SMILES string of the molecule is Fc1c(F)c(F)c(P(c2ccccc2)c2ccccc2)c(F)c1F.[Cl][Ru][Cl].c1ccccc1. The predicted octanol–water partition coefficient (Wildman–Crippen LogP) is 7.20. The van der Waals surface area contributed by atoms with Crippen molar-refractivity contribution >= 4 is 43.2 Å². The Morgan fingerprint density at radius 1 is 0.455 bits per heavy atom. The summed E-state index contributed by atoms with van der Waals surface area (Å²) in [5, 5.41) is 0.183. The number of hydrogen-bond donors (Lipinski definition) is 0. The molecule has 174 valence electrons. The Balaban J connectivity index is 0.000000360. The summed E-state index contributed by atoms with van der Waals surface area (Å²) >= 11 is -0.346.